The second kappa shape index (κ2) is 6.74. The van der Waals surface area contributed by atoms with E-state index in [0.717, 1.165) is 0 Å². The van der Waals surface area contributed by atoms with E-state index < -0.39 is 18.6 Å². The predicted octanol–water partition coefficient (Wildman–Crippen LogP) is 0.299. The number of carbonyl (C=O) groups excluding carboxylic acids is 2. The van der Waals surface area contributed by atoms with E-state index in [9.17, 15) is 22.8 Å². The Morgan fingerprint density at radius 3 is 2.21 bits per heavy atom. The molecule has 1 saturated carbocycles. The van der Waals surface area contributed by atoms with Crippen LogP contribution >= 0.6 is 0 Å². The van der Waals surface area contributed by atoms with Crippen molar-refractivity contribution in [3.05, 3.63) is 0 Å². The van der Waals surface area contributed by atoms with Crippen LogP contribution in [0.15, 0.2) is 0 Å². The van der Waals surface area contributed by atoms with Crippen molar-refractivity contribution in [3.63, 3.8) is 0 Å². The first-order valence-corrected chi connectivity index (χ1v) is 6.14. The van der Waals surface area contributed by atoms with Crippen LogP contribution in [0.25, 0.3) is 0 Å². The SMILES string of the molecule is NC(=O)C1CCC(NCC(=O)NCC(F)(F)F)CC1. The highest BCUT2D eigenvalue weighted by Gasteiger charge is 2.28. The highest BCUT2D eigenvalue weighted by molar-refractivity contribution is 5.78. The Morgan fingerprint density at radius 2 is 1.74 bits per heavy atom. The summed E-state index contributed by atoms with van der Waals surface area (Å²) >= 11 is 0. The number of rotatable bonds is 5. The lowest BCUT2D eigenvalue weighted by molar-refractivity contribution is -0.138. The lowest BCUT2D eigenvalue weighted by Crippen LogP contribution is -2.44. The molecule has 1 aliphatic carbocycles. The summed E-state index contributed by atoms with van der Waals surface area (Å²) in [5.41, 5.74) is 5.19. The second-order valence-corrected chi connectivity index (χ2v) is 4.72. The van der Waals surface area contributed by atoms with Crippen LogP contribution in [0.1, 0.15) is 25.7 Å². The molecule has 0 spiro atoms. The lowest BCUT2D eigenvalue weighted by atomic mass is 9.85. The number of alkyl halides is 3. The van der Waals surface area contributed by atoms with E-state index in [1.165, 1.54) is 0 Å². The molecule has 0 saturated heterocycles. The van der Waals surface area contributed by atoms with E-state index in [4.69, 9.17) is 5.73 Å². The quantitative estimate of drug-likeness (QED) is 0.677. The van der Waals surface area contributed by atoms with Gasteiger partial charge < -0.3 is 16.4 Å². The van der Waals surface area contributed by atoms with Crippen molar-refractivity contribution in [2.24, 2.45) is 11.7 Å². The largest absolute Gasteiger partial charge is 0.405 e. The molecular formula is C11H18F3N3O2. The number of carbonyl (C=O) groups is 2. The molecule has 0 bridgehead atoms. The van der Waals surface area contributed by atoms with Crippen LogP contribution in [0, 0.1) is 5.92 Å². The summed E-state index contributed by atoms with van der Waals surface area (Å²) in [7, 11) is 0. The molecule has 0 aliphatic heterocycles. The van der Waals surface area contributed by atoms with Gasteiger partial charge in [-0.3, -0.25) is 9.59 Å². The fourth-order valence-electron chi connectivity index (χ4n) is 2.08. The molecule has 8 heteroatoms. The summed E-state index contributed by atoms with van der Waals surface area (Å²) in [6.45, 7) is -1.47. The topological polar surface area (TPSA) is 84.2 Å². The van der Waals surface area contributed by atoms with Crippen molar-refractivity contribution in [1.29, 1.82) is 0 Å². The predicted molar refractivity (Wildman–Crippen MR) is 62.0 cm³/mol. The molecule has 0 aromatic carbocycles. The number of nitrogens with two attached hydrogens (primary N) is 1. The normalized spacial score (nSPS) is 23.9. The lowest BCUT2D eigenvalue weighted by Gasteiger charge is -2.27. The maximum Gasteiger partial charge on any atom is 0.405 e. The third-order valence-corrected chi connectivity index (χ3v) is 3.17. The van der Waals surface area contributed by atoms with Gasteiger partial charge in [0.2, 0.25) is 11.8 Å². The number of primary amides is 1. The third-order valence-electron chi connectivity index (χ3n) is 3.17. The van der Waals surface area contributed by atoms with Crippen molar-refractivity contribution in [2.45, 2.75) is 37.9 Å². The van der Waals surface area contributed by atoms with E-state index in [2.05, 4.69) is 5.32 Å². The molecule has 2 amide bonds. The summed E-state index contributed by atoms with van der Waals surface area (Å²) in [5.74, 6) is -1.13. The van der Waals surface area contributed by atoms with E-state index in [1.807, 2.05) is 0 Å². The van der Waals surface area contributed by atoms with Gasteiger partial charge in [0.25, 0.3) is 0 Å². The van der Waals surface area contributed by atoms with Gasteiger partial charge in [-0.15, -0.1) is 0 Å². The maximum absolute atomic E-state index is 11.9. The monoisotopic (exact) mass is 281 g/mol. The van der Waals surface area contributed by atoms with Gasteiger partial charge in [0.05, 0.1) is 6.54 Å². The summed E-state index contributed by atoms with van der Waals surface area (Å²) in [5, 5.41) is 4.67. The van der Waals surface area contributed by atoms with Gasteiger partial charge in [0.15, 0.2) is 0 Å². The number of amides is 2. The van der Waals surface area contributed by atoms with E-state index in [1.54, 1.807) is 5.32 Å². The molecule has 110 valence electrons. The van der Waals surface area contributed by atoms with Crippen molar-refractivity contribution in [2.75, 3.05) is 13.1 Å². The van der Waals surface area contributed by atoms with Gasteiger partial charge >= 0.3 is 6.18 Å². The molecular weight excluding hydrogens is 263 g/mol. The van der Waals surface area contributed by atoms with Gasteiger partial charge in [-0.05, 0) is 25.7 Å². The molecule has 0 radical (unpaired) electrons. The van der Waals surface area contributed by atoms with Gasteiger partial charge in [-0.1, -0.05) is 0 Å². The van der Waals surface area contributed by atoms with Crippen LogP contribution in [0.2, 0.25) is 0 Å². The molecule has 4 N–H and O–H groups in total. The number of hydrogen-bond acceptors (Lipinski definition) is 3. The Kier molecular flexibility index (Phi) is 5.59. The highest BCUT2D eigenvalue weighted by atomic mass is 19.4. The molecule has 5 nitrogen and oxygen atoms in total. The minimum absolute atomic E-state index is 0.0484. The zero-order valence-electron chi connectivity index (χ0n) is 10.4. The zero-order chi connectivity index (χ0) is 14.5. The maximum atomic E-state index is 11.9. The first kappa shape index (κ1) is 15.7. The van der Waals surface area contributed by atoms with Crippen LogP contribution in [-0.4, -0.2) is 37.1 Å². The molecule has 0 aromatic rings. The minimum Gasteiger partial charge on any atom is -0.369 e. The molecule has 0 heterocycles. The van der Waals surface area contributed by atoms with Crippen LogP contribution in [-0.2, 0) is 9.59 Å². The fraction of sp³-hybridized carbons (Fsp3) is 0.818. The molecule has 19 heavy (non-hydrogen) atoms. The zero-order valence-corrected chi connectivity index (χ0v) is 10.4. The summed E-state index contributed by atoms with van der Waals surface area (Å²) in [4.78, 5) is 22.1. The Hall–Kier alpha value is -1.31. The minimum atomic E-state index is -4.39. The van der Waals surface area contributed by atoms with Crippen LogP contribution in [0.5, 0.6) is 0 Å². The second-order valence-electron chi connectivity index (χ2n) is 4.72. The first-order valence-electron chi connectivity index (χ1n) is 6.14. The third kappa shape index (κ3) is 6.42. The van der Waals surface area contributed by atoms with Crippen molar-refractivity contribution in [3.8, 4) is 0 Å². The Labute approximate surface area is 109 Å². The first-order chi connectivity index (χ1) is 8.78. The smallest absolute Gasteiger partial charge is 0.369 e. The number of nitrogens with one attached hydrogen (secondary N) is 2. The number of halogens is 3. The molecule has 1 fully saturated rings. The molecule has 1 aliphatic rings. The molecule has 0 aromatic heterocycles. The summed E-state index contributed by atoms with van der Waals surface area (Å²) in [6.07, 6.45) is -1.70. The number of hydrogen-bond donors (Lipinski definition) is 3. The Bertz CT molecular complexity index is 326. The van der Waals surface area contributed by atoms with E-state index >= 15 is 0 Å². The van der Waals surface area contributed by atoms with Gasteiger partial charge in [-0.2, -0.15) is 13.2 Å². The van der Waals surface area contributed by atoms with Crippen molar-refractivity contribution >= 4 is 11.8 Å². The Morgan fingerprint density at radius 1 is 1.16 bits per heavy atom. The van der Waals surface area contributed by atoms with Gasteiger partial charge in [0, 0.05) is 12.0 Å². The highest BCUT2D eigenvalue weighted by Crippen LogP contribution is 2.23. The van der Waals surface area contributed by atoms with E-state index in [0.29, 0.717) is 25.7 Å². The average molecular weight is 281 g/mol. The van der Waals surface area contributed by atoms with Crippen LogP contribution < -0.4 is 16.4 Å². The van der Waals surface area contributed by atoms with E-state index in [-0.39, 0.29) is 24.4 Å². The van der Waals surface area contributed by atoms with Gasteiger partial charge in [0.1, 0.15) is 6.54 Å². The standard InChI is InChI=1S/C11H18F3N3O2/c12-11(13,14)6-17-9(18)5-16-8-3-1-7(2-4-8)10(15)19/h7-8,16H,1-6H2,(H2,15,19)(H,17,18). The van der Waals surface area contributed by atoms with Crippen LogP contribution in [0.3, 0.4) is 0 Å². The average Bonchev–Trinajstić information content (AvgIpc) is 2.33. The molecule has 0 atom stereocenters. The summed E-state index contributed by atoms with van der Waals surface area (Å²) in [6, 6.07) is 0.0484. The van der Waals surface area contributed by atoms with Crippen molar-refractivity contribution in [1.82, 2.24) is 10.6 Å². The molecule has 1 rings (SSSR count). The molecule has 0 unspecified atom stereocenters. The van der Waals surface area contributed by atoms with Crippen LogP contribution in [0.4, 0.5) is 13.2 Å². The van der Waals surface area contributed by atoms with Crippen molar-refractivity contribution < 1.29 is 22.8 Å². The summed E-state index contributed by atoms with van der Waals surface area (Å²) < 4.78 is 35.6. The fourth-order valence-corrected chi connectivity index (χ4v) is 2.08. The van der Waals surface area contributed by atoms with Gasteiger partial charge in [-0.25, -0.2) is 0 Å². The Balaban J connectivity index is 2.17.